The van der Waals surface area contributed by atoms with Crippen LogP contribution in [0.1, 0.15) is 11.1 Å². The van der Waals surface area contributed by atoms with Crippen molar-refractivity contribution in [2.24, 2.45) is 0 Å². The largest absolute Gasteiger partial charge is 0.299 e. The van der Waals surface area contributed by atoms with Crippen LogP contribution < -0.4 is 0 Å². The van der Waals surface area contributed by atoms with E-state index in [-0.39, 0.29) is 0 Å². The summed E-state index contributed by atoms with van der Waals surface area (Å²) in [6, 6.07) is 8.70. The van der Waals surface area contributed by atoms with Crippen molar-refractivity contribution in [3.05, 3.63) is 35.4 Å². The third-order valence-electron chi connectivity index (χ3n) is 1.83. The topological polar surface area (TPSA) is 17.1 Å². The summed E-state index contributed by atoms with van der Waals surface area (Å²) in [4.78, 5) is 10.9. The Morgan fingerprint density at radius 1 is 1.30 bits per heavy atom. The predicted molar refractivity (Wildman–Crippen MR) is 37.7 cm³/mol. The van der Waals surface area contributed by atoms with Gasteiger partial charge in [-0.1, -0.05) is 18.2 Å². The Kier molecular flexibility index (Phi) is 1.10. The van der Waals surface area contributed by atoms with E-state index in [0.717, 1.165) is 5.56 Å². The molecular formula is C9H7O. The molecule has 0 heterocycles. The van der Waals surface area contributed by atoms with Gasteiger partial charge in [0.15, 0.2) is 0 Å². The molecule has 0 aromatic heterocycles. The average molecular weight is 131 g/mol. The van der Waals surface area contributed by atoms with E-state index in [0.29, 0.717) is 18.6 Å². The Balaban J connectivity index is 2.51. The molecule has 1 heteroatoms. The SMILES string of the molecule is O=C1Cc2c[c]ccc2C1. The van der Waals surface area contributed by atoms with Crippen molar-refractivity contribution in [3.63, 3.8) is 0 Å². The number of ketones is 1. The van der Waals surface area contributed by atoms with Crippen LogP contribution in [-0.4, -0.2) is 5.78 Å². The molecule has 0 saturated heterocycles. The van der Waals surface area contributed by atoms with Crippen molar-refractivity contribution in [3.8, 4) is 0 Å². The van der Waals surface area contributed by atoms with Crippen molar-refractivity contribution in [2.45, 2.75) is 12.8 Å². The molecule has 1 aliphatic rings. The molecule has 1 aromatic rings. The second kappa shape index (κ2) is 1.94. The van der Waals surface area contributed by atoms with Crippen LogP contribution >= 0.6 is 0 Å². The van der Waals surface area contributed by atoms with Gasteiger partial charge >= 0.3 is 0 Å². The highest BCUT2D eigenvalue weighted by Crippen LogP contribution is 2.17. The Labute approximate surface area is 59.7 Å². The van der Waals surface area contributed by atoms with Crippen LogP contribution in [0.3, 0.4) is 0 Å². The van der Waals surface area contributed by atoms with Crippen molar-refractivity contribution in [1.29, 1.82) is 0 Å². The zero-order valence-corrected chi connectivity index (χ0v) is 5.55. The molecule has 0 atom stereocenters. The van der Waals surface area contributed by atoms with Gasteiger partial charge in [0.05, 0.1) is 0 Å². The zero-order chi connectivity index (χ0) is 6.97. The molecule has 0 amide bonds. The fourth-order valence-electron chi connectivity index (χ4n) is 1.32. The lowest BCUT2D eigenvalue weighted by molar-refractivity contribution is -0.117. The van der Waals surface area contributed by atoms with E-state index < -0.39 is 0 Å². The van der Waals surface area contributed by atoms with Crippen LogP contribution in [0.4, 0.5) is 0 Å². The highest BCUT2D eigenvalue weighted by molar-refractivity contribution is 5.87. The van der Waals surface area contributed by atoms with E-state index in [2.05, 4.69) is 6.07 Å². The molecule has 0 spiro atoms. The molecule has 2 rings (SSSR count). The Bertz CT molecular complexity index is 249. The fourth-order valence-corrected chi connectivity index (χ4v) is 1.32. The molecule has 0 aliphatic heterocycles. The number of hydrogen-bond donors (Lipinski definition) is 0. The number of hydrogen-bond acceptors (Lipinski definition) is 1. The number of benzene rings is 1. The Morgan fingerprint density at radius 2 is 2.10 bits per heavy atom. The minimum absolute atomic E-state index is 0.328. The summed E-state index contributed by atoms with van der Waals surface area (Å²) in [5.74, 6) is 0.328. The van der Waals surface area contributed by atoms with Gasteiger partial charge in [-0.25, -0.2) is 0 Å². The molecule has 0 saturated carbocycles. The van der Waals surface area contributed by atoms with Crippen LogP contribution in [0, 0.1) is 6.07 Å². The lowest BCUT2D eigenvalue weighted by atomic mass is 10.1. The van der Waals surface area contributed by atoms with E-state index in [9.17, 15) is 4.79 Å². The number of rotatable bonds is 0. The number of Topliss-reactive ketones (excluding diaryl/α,β-unsaturated/α-hetero) is 1. The summed E-state index contributed by atoms with van der Waals surface area (Å²) in [7, 11) is 0. The molecule has 1 aromatic carbocycles. The number of carbonyl (C=O) groups excluding carboxylic acids is 1. The minimum Gasteiger partial charge on any atom is -0.299 e. The lowest BCUT2D eigenvalue weighted by Crippen LogP contribution is -1.92. The van der Waals surface area contributed by atoms with Crippen molar-refractivity contribution >= 4 is 5.78 Å². The summed E-state index contributed by atoms with van der Waals surface area (Å²) in [5, 5.41) is 0. The minimum atomic E-state index is 0.328. The summed E-state index contributed by atoms with van der Waals surface area (Å²) < 4.78 is 0. The molecule has 0 bridgehead atoms. The summed E-state index contributed by atoms with van der Waals surface area (Å²) in [6.07, 6.45) is 1.25. The lowest BCUT2D eigenvalue weighted by Gasteiger charge is -1.91. The number of carbonyl (C=O) groups is 1. The first-order valence-electron chi connectivity index (χ1n) is 3.36. The highest BCUT2D eigenvalue weighted by atomic mass is 16.1. The number of fused-ring (bicyclic) bond motifs is 1. The van der Waals surface area contributed by atoms with E-state index >= 15 is 0 Å². The van der Waals surface area contributed by atoms with E-state index in [1.54, 1.807) is 0 Å². The molecular weight excluding hydrogens is 124 g/mol. The normalized spacial score (nSPS) is 15.4. The van der Waals surface area contributed by atoms with Gasteiger partial charge < -0.3 is 0 Å². The van der Waals surface area contributed by atoms with Gasteiger partial charge in [-0.05, 0) is 17.2 Å². The van der Waals surface area contributed by atoms with Crippen LogP contribution in [-0.2, 0) is 17.6 Å². The van der Waals surface area contributed by atoms with E-state index in [4.69, 9.17) is 0 Å². The molecule has 0 fully saturated rings. The van der Waals surface area contributed by atoms with E-state index in [1.165, 1.54) is 5.56 Å². The second-order valence-electron chi connectivity index (χ2n) is 2.59. The van der Waals surface area contributed by atoms with Gasteiger partial charge in [0.25, 0.3) is 0 Å². The fraction of sp³-hybridized carbons (Fsp3) is 0.222. The maximum absolute atomic E-state index is 10.9. The molecule has 49 valence electrons. The molecule has 0 unspecified atom stereocenters. The average Bonchev–Trinajstić information content (AvgIpc) is 2.27. The predicted octanol–water partition coefficient (Wildman–Crippen LogP) is 1.15. The zero-order valence-electron chi connectivity index (χ0n) is 5.55. The smallest absolute Gasteiger partial charge is 0.141 e. The second-order valence-corrected chi connectivity index (χ2v) is 2.59. The maximum atomic E-state index is 10.9. The van der Waals surface area contributed by atoms with Gasteiger partial charge in [0, 0.05) is 12.8 Å². The first-order valence-corrected chi connectivity index (χ1v) is 3.36. The van der Waals surface area contributed by atoms with Crippen molar-refractivity contribution in [2.75, 3.05) is 0 Å². The van der Waals surface area contributed by atoms with E-state index in [1.807, 2.05) is 18.2 Å². The van der Waals surface area contributed by atoms with Crippen LogP contribution in [0.5, 0.6) is 0 Å². The highest BCUT2D eigenvalue weighted by Gasteiger charge is 2.16. The Morgan fingerprint density at radius 3 is 2.90 bits per heavy atom. The molecule has 1 nitrogen and oxygen atoms in total. The van der Waals surface area contributed by atoms with Gasteiger partial charge in [0.1, 0.15) is 5.78 Å². The van der Waals surface area contributed by atoms with Gasteiger partial charge in [0.2, 0.25) is 0 Å². The maximum Gasteiger partial charge on any atom is 0.141 e. The third kappa shape index (κ3) is 0.747. The van der Waals surface area contributed by atoms with Gasteiger partial charge in [-0.2, -0.15) is 0 Å². The summed E-state index contributed by atoms with van der Waals surface area (Å²) >= 11 is 0. The third-order valence-corrected chi connectivity index (χ3v) is 1.83. The Hall–Kier alpha value is -1.11. The summed E-state index contributed by atoms with van der Waals surface area (Å²) in [5.41, 5.74) is 2.34. The molecule has 10 heavy (non-hydrogen) atoms. The van der Waals surface area contributed by atoms with Crippen LogP contribution in [0.15, 0.2) is 18.2 Å². The monoisotopic (exact) mass is 131 g/mol. The van der Waals surface area contributed by atoms with Crippen LogP contribution in [0.2, 0.25) is 0 Å². The first kappa shape index (κ1) is 5.66. The molecule has 1 radical (unpaired) electrons. The molecule has 0 N–H and O–H groups in total. The quantitative estimate of drug-likeness (QED) is 0.516. The van der Waals surface area contributed by atoms with Crippen molar-refractivity contribution in [1.82, 2.24) is 0 Å². The van der Waals surface area contributed by atoms with Gasteiger partial charge in [-0.15, -0.1) is 0 Å². The van der Waals surface area contributed by atoms with Crippen molar-refractivity contribution < 1.29 is 4.79 Å². The molecule has 1 aliphatic carbocycles. The van der Waals surface area contributed by atoms with Crippen LogP contribution in [0.25, 0.3) is 0 Å². The van der Waals surface area contributed by atoms with Gasteiger partial charge in [-0.3, -0.25) is 4.79 Å². The summed E-state index contributed by atoms with van der Waals surface area (Å²) in [6.45, 7) is 0. The standard InChI is InChI=1S/C9H7O/c10-9-5-7-3-1-2-4-8(7)6-9/h1,3-4H,5-6H2. The first-order chi connectivity index (χ1) is 4.86.